The molecule has 0 radical (unpaired) electrons. The van der Waals surface area contributed by atoms with Crippen molar-refractivity contribution in [2.45, 2.75) is 139 Å². The molecule has 2 atom stereocenters. The predicted octanol–water partition coefficient (Wildman–Crippen LogP) is 4.81. The van der Waals surface area contributed by atoms with Gasteiger partial charge in [0.1, 0.15) is 11.3 Å². The van der Waals surface area contributed by atoms with Crippen LogP contribution in [0.1, 0.15) is 91.9 Å². The number of carbonyl (C=O) groups excluding carboxylic acids is 1. The second-order valence-electron chi connectivity index (χ2n) is 18.5. The molecule has 0 spiro atoms. The third kappa shape index (κ3) is 33.6. The summed E-state index contributed by atoms with van der Waals surface area (Å²) in [6.07, 6.45) is -31.8. The largest absolute Gasteiger partial charge is 1.00 e. The Hall–Kier alpha value is -1.15. The van der Waals surface area contributed by atoms with Gasteiger partial charge in [-0.1, -0.05) is 0 Å². The second-order valence-corrected chi connectivity index (χ2v) is 22.6. The Morgan fingerprint density at radius 2 is 0.914 bits per heavy atom. The zero-order valence-corrected chi connectivity index (χ0v) is 44.7. The number of carbonyl (C=O) groups is 2. The molecule has 416 valence electrons. The fourth-order valence-electron chi connectivity index (χ4n) is 6.58. The average Bonchev–Trinajstić information content (AvgIpc) is 3.08. The Balaban J connectivity index is -0.000000562. The molecule has 0 bridgehead atoms. The Bertz CT molecular complexity index is 1720. The van der Waals surface area contributed by atoms with Crippen molar-refractivity contribution in [3.05, 3.63) is 0 Å². The van der Waals surface area contributed by atoms with E-state index in [-0.39, 0.29) is 66.5 Å². The van der Waals surface area contributed by atoms with E-state index in [1.54, 1.807) is 28.2 Å². The van der Waals surface area contributed by atoms with Gasteiger partial charge in [0.15, 0.2) is 6.54 Å². The normalized spacial score (nSPS) is 14.7. The fourth-order valence-corrected chi connectivity index (χ4v) is 8.87. The van der Waals surface area contributed by atoms with E-state index in [4.69, 9.17) is 15.0 Å². The van der Waals surface area contributed by atoms with Crippen molar-refractivity contribution < 1.29 is 141 Å². The summed E-state index contributed by atoms with van der Waals surface area (Å²) in [6.45, 7) is 4.50. The molecule has 0 fully saturated rings. The molecule has 0 amide bonds. The molecule has 32 heteroatoms. The third-order valence-electron chi connectivity index (χ3n) is 9.57. The van der Waals surface area contributed by atoms with E-state index in [0.29, 0.717) is 19.5 Å². The van der Waals surface area contributed by atoms with E-state index in [0.717, 1.165) is 27.7 Å². The summed E-state index contributed by atoms with van der Waals surface area (Å²) in [7, 11) is -0.962. The van der Waals surface area contributed by atoms with Crippen molar-refractivity contribution in [3.8, 4) is 0 Å². The summed E-state index contributed by atoms with van der Waals surface area (Å²) >= 11 is 4.67. The van der Waals surface area contributed by atoms with Gasteiger partial charge in [-0.15, -0.1) is 11.6 Å². The molecule has 2 unspecified atom stereocenters. The first-order chi connectivity index (χ1) is 30.4. The number of likely N-dealkylation sites (N-methyl/N-ethyl adjacent to an activating group) is 1. The number of carboxylic acid groups (broad SMARTS) is 2. The van der Waals surface area contributed by atoms with Crippen LogP contribution in [0.5, 0.6) is 0 Å². The number of hydrogen-bond donors (Lipinski definition) is 3. The molecule has 0 aromatic heterocycles. The van der Waals surface area contributed by atoms with Gasteiger partial charge < -0.3 is 24.4 Å². The molecular weight excluding hydrogens is 1070 g/mol. The van der Waals surface area contributed by atoms with Crippen molar-refractivity contribution in [3.63, 3.8) is 0 Å². The average molecular weight is 1130 g/mol. The minimum absolute atomic E-state index is 0. The summed E-state index contributed by atoms with van der Waals surface area (Å²) in [4.78, 5) is 21.7. The van der Waals surface area contributed by atoms with Gasteiger partial charge in [-0.25, -0.2) is 48.6 Å². The number of quaternary nitrogens is 1. The van der Waals surface area contributed by atoms with Gasteiger partial charge in [-0.3, -0.25) is 0 Å². The smallest absolute Gasteiger partial charge is 0.549 e. The summed E-state index contributed by atoms with van der Waals surface area (Å²) in [5.74, 6) is -7.31. The van der Waals surface area contributed by atoms with Gasteiger partial charge in [-0.2, -0.15) is 52.7 Å². The molecule has 0 rings (SSSR count). The molecule has 0 aliphatic carbocycles. The Morgan fingerprint density at radius 3 is 1.16 bits per heavy atom. The first-order valence-electron chi connectivity index (χ1n) is 20.8. The van der Waals surface area contributed by atoms with Gasteiger partial charge in [0.05, 0.1) is 44.0 Å². The van der Waals surface area contributed by atoms with Gasteiger partial charge in [0.25, 0.3) is 11.3 Å². The van der Waals surface area contributed by atoms with Crippen molar-refractivity contribution in [1.82, 2.24) is 14.3 Å². The minimum Gasteiger partial charge on any atom is -0.549 e. The van der Waals surface area contributed by atoms with Gasteiger partial charge >= 0.3 is 60.2 Å². The van der Waals surface area contributed by atoms with Crippen LogP contribution in [0.2, 0.25) is 0 Å². The van der Waals surface area contributed by atoms with Crippen molar-refractivity contribution in [2.24, 2.45) is 11.8 Å². The maximum Gasteiger partial charge on any atom is 1.00 e. The Morgan fingerprint density at radius 1 is 0.614 bits per heavy atom. The van der Waals surface area contributed by atoms with Crippen LogP contribution in [-0.2, 0) is 29.6 Å². The molecular formula is C38H65ClF16N4NaO8S2+. The van der Waals surface area contributed by atoms with Crippen LogP contribution in [0.4, 0.5) is 70.2 Å². The number of carboxylic acids is 2. The molecule has 0 saturated carbocycles. The number of rotatable bonds is 29. The molecule has 12 nitrogen and oxygen atoms in total. The molecule has 0 aromatic rings. The molecule has 70 heavy (non-hydrogen) atoms. The molecule has 0 saturated heterocycles. The number of halogens is 17. The SMILES string of the molecule is CC(C)(F)CC(CCCS(=O)(=O)NCCC[N+](C)(C)CC(=O)O)CC(F)(C(F)(F)F)C(F)(F)F.CN(C)CCCNS(=O)(=O)CCCC(CC(C)(C)F)CC(F)(C(F)(F)F)C(F)(F)F.O=C([O-])CCl.[Na+]. The van der Waals surface area contributed by atoms with Crippen LogP contribution in [0.3, 0.4) is 0 Å². The maximum atomic E-state index is 14.1. The number of aliphatic carboxylic acids is 2. The van der Waals surface area contributed by atoms with Crippen LogP contribution >= 0.6 is 11.6 Å². The standard InChI is InChI=1S/C19H32F8N2O4S.C17H30F8N2O2S.C2H3ClO2.Na/c1-16(2,20)11-14(12-17(21,18(22,23)24)19(25,26)27)7-5-10-34(32,33)28-8-6-9-29(3,4)13-15(30)31;1-14(2,18)11-13(12-15(19,16(20,21)22)17(23,24)25)7-5-10-30(28,29)26-8-6-9-27(3)4;3-1-2(4)5;/h14,28H,5-13H2,1-4H3;13,26H,5-12H2,1-4H3;1H2,(H,4,5);/q;;;+1. The fraction of sp³-hybridized carbons (Fsp3) is 0.947. The van der Waals surface area contributed by atoms with Crippen LogP contribution < -0.4 is 44.1 Å². The van der Waals surface area contributed by atoms with Crippen LogP contribution in [0, 0.1) is 11.8 Å². The number of hydrogen-bond acceptors (Lipinski definition) is 8. The summed E-state index contributed by atoms with van der Waals surface area (Å²) in [5, 5.41) is 17.9. The molecule has 0 aliphatic heterocycles. The van der Waals surface area contributed by atoms with E-state index in [9.17, 15) is 91.9 Å². The minimum atomic E-state index is -6.27. The van der Waals surface area contributed by atoms with Crippen molar-refractivity contribution in [1.29, 1.82) is 0 Å². The number of sulfonamides is 2. The topological polar surface area (TPSA) is 173 Å². The third-order valence-corrected chi connectivity index (χ3v) is 12.7. The van der Waals surface area contributed by atoms with E-state index >= 15 is 0 Å². The first kappa shape index (κ1) is 75.4. The molecule has 0 aromatic carbocycles. The van der Waals surface area contributed by atoms with E-state index < -0.39 is 154 Å². The maximum absolute atomic E-state index is 14.1. The molecule has 3 N–H and O–H groups in total. The van der Waals surface area contributed by atoms with Crippen LogP contribution in [0.15, 0.2) is 0 Å². The van der Waals surface area contributed by atoms with Gasteiger partial charge in [-0.05, 0) is 105 Å². The summed E-state index contributed by atoms with van der Waals surface area (Å²) in [5.41, 5.74) is -15.4. The molecule has 0 heterocycles. The van der Waals surface area contributed by atoms with E-state index in [2.05, 4.69) is 21.0 Å². The van der Waals surface area contributed by atoms with E-state index in [1.807, 2.05) is 4.90 Å². The van der Waals surface area contributed by atoms with Gasteiger partial charge in [0, 0.05) is 32.4 Å². The van der Waals surface area contributed by atoms with Crippen LogP contribution in [0.25, 0.3) is 0 Å². The van der Waals surface area contributed by atoms with Crippen LogP contribution in [-0.4, -0.2) is 169 Å². The summed E-state index contributed by atoms with van der Waals surface area (Å²) < 4.78 is 263. The predicted molar refractivity (Wildman–Crippen MR) is 223 cm³/mol. The summed E-state index contributed by atoms with van der Waals surface area (Å²) in [6, 6.07) is 0. The second kappa shape index (κ2) is 30.4. The van der Waals surface area contributed by atoms with Crippen molar-refractivity contribution in [2.75, 3.05) is 78.3 Å². The zero-order valence-electron chi connectivity index (χ0n) is 40.3. The first-order valence-corrected chi connectivity index (χ1v) is 24.6. The Kier molecular flexibility index (Phi) is 32.7. The quantitative estimate of drug-likeness (QED) is 0.0313. The van der Waals surface area contributed by atoms with Crippen molar-refractivity contribution >= 4 is 43.6 Å². The number of alkyl halides is 17. The number of nitrogens with one attached hydrogen (secondary N) is 2. The van der Waals surface area contributed by atoms with E-state index in [1.165, 1.54) is 0 Å². The van der Waals surface area contributed by atoms with Gasteiger partial charge in [0.2, 0.25) is 20.0 Å². The number of nitrogens with zero attached hydrogens (tertiary/aromatic N) is 2. The zero-order chi connectivity index (χ0) is 55.5. The monoisotopic (exact) mass is 1130 g/mol. The molecule has 0 aliphatic rings. The Labute approximate surface area is 426 Å².